The fourth-order valence-corrected chi connectivity index (χ4v) is 1.73. The van der Waals surface area contributed by atoms with Crippen LogP contribution in [0.4, 0.5) is 4.79 Å². The number of nitrogens with zero attached hydrogens (tertiary/aromatic N) is 1. The molecule has 1 aromatic heterocycles. The smallest absolute Gasteiger partial charge is 0.315 e. The SMILES string of the molecule is CC(NC(=O)NCCCCCC(=O)O)c1ccccn1. The van der Waals surface area contributed by atoms with Gasteiger partial charge in [-0.1, -0.05) is 12.5 Å². The summed E-state index contributed by atoms with van der Waals surface area (Å²) in [6, 6.07) is 5.18. The minimum Gasteiger partial charge on any atom is -0.481 e. The van der Waals surface area contributed by atoms with Gasteiger partial charge in [-0.05, 0) is 31.9 Å². The number of pyridine rings is 1. The molecule has 110 valence electrons. The molecule has 3 N–H and O–H groups in total. The Balaban J connectivity index is 2.13. The standard InChI is InChI=1S/C14H21N3O3/c1-11(12-7-4-6-9-15-12)17-14(20)16-10-5-2-3-8-13(18)19/h4,6-7,9,11H,2-3,5,8,10H2,1H3,(H,18,19)(H2,16,17,20). The Hall–Kier alpha value is -2.11. The number of carbonyl (C=O) groups excluding carboxylic acids is 1. The number of carboxylic acids is 1. The highest BCUT2D eigenvalue weighted by atomic mass is 16.4. The summed E-state index contributed by atoms with van der Waals surface area (Å²) in [4.78, 5) is 26.1. The van der Waals surface area contributed by atoms with Crippen molar-refractivity contribution in [1.29, 1.82) is 0 Å². The van der Waals surface area contributed by atoms with Crippen molar-refractivity contribution in [2.24, 2.45) is 0 Å². The van der Waals surface area contributed by atoms with Crippen molar-refractivity contribution >= 4 is 12.0 Å². The van der Waals surface area contributed by atoms with Crippen LogP contribution in [0, 0.1) is 0 Å². The Labute approximate surface area is 118 Å². The van der Waals surface area contributed by atoms with E-state index in [1.807, 2.05) is 25.1 Å². The van der Waals surface area contributed by atoms with Crippen molar-refractivity contribution < 1.29 is 14.7 Å². The summed E-state index contributed by atoms with van der Waals surface area (Å²) in [5.74, 6) is -0.778. The molecule has 1 unspecified atom stereocenters. The predicted molar refractivity (Wildman–Crippen MR) is 75.3 cm³/mol. The zero-order valence-electron chi connectivity index (χ0n) is 11.6. The topological polar surface area (TPSA) is 91.3 Å². The molecule has 6 heteroatoms. The largest absolute Gasteiger partial charge is 0.481 e. The van der Waals surface area contributed by atoms with E-state index in [9.17, 15) is 9.59 Å². The first kappa shape index (κ1) is 15.9. The third kappa shape index (κ3) is 6.72. The monoisotopic (exact) mass is 279 g/mol. The van der Waals surface area contributed by atoms with Gasteiger partial charge in [-0.2, -0.15) is 0 Å². The highest BCUT2D eigenvalue weighted by Gasteiger charge is 2.09. The molecule has 0 radical (unpaired) electrons. The molecular formula is C14H21N3O3. The van der Waals surface area contributed by atoms with Crippen LogP contribution in [0.25, 0.3) is 0 Å². The van der Waals surface area contributed by atoms with Gasteiger partial charge in [0.1, 0.15) is 0 Å². The lowest BCUT2D eigenvalue weighted by molar-refractivity contribution is -0.137. The number of urea groups is 1. The molecule has 1 heterocycles. The van der Waals surface area contributed by atoms with E-state index in [4.69, 9.17) is 5.11 Å². The van der Waals surface area contributed by atoms with Crippen LogP contribution >= 0.6 is 0 Å². The number of carbonyl (C=O) groups is 2. The van der Waals surface area contributed by atoms with Crippen LogP contribution in [-0.2, 0) is 4.79 Å². The first-order valence-electron chi connectivity index (χ1n) is 6.76. The Morgan fingerprint density at radius 3 is 2.75 bits per heavy atom. The molecule has 20 heavy (non-hydrogen) atoms. The summed E-state index contributed by atoms with van der Waals surface area (Å²) in [6.07, 6.45) is 4.08. The van der Waals surface area contributed by atoms with Crippen molar-refractivity contribution in [2.45, 2.75) is 38.6 Å². The van der Waals surface area contributed by atoms with Crippen LogP contribution in [0.5, 0.6) is 0 Å². The first-order valence-corrected chi connectivity index (χ1v) is 6.76. The van der Waals surface area contributed by atoms with Crippen LogP contribution in [0.1, 0.15) is 44.3 Å². The van der Waals surface area contributed by atoms with Gasteiger partial charge in [0.25, 0.3) is 0 Å². The van der Waals surface area contributed by atoms with E-state index in [1.165, 1.54) is 0 Å². The van der Waals surface area contributed by atoms with Crippen LogP contribution in [-0.4, -0.2) is 28.6 Å². The molecule has 0 aliphatic carbocycles. The third-order valence-electron chi connectivity index (χ3n) is 2.83. The fraction of sp³-hybridized carbons (Fsp3) is 0.500. The molecule has 0 saturated heterocycles. The summed E-state index contributed by atoms with van der Waals surface area (Å²) >= 11 is 0. The summed E-state index contributed by atoms with van der Waals surface area (Å²) in [6.45, 7) is 2.41. The van der Waals surface area contributed by atoms with Crippen LogP contribution in [0.3, 0.4) is 0 Å². The minimum atomic E-state index is -0.778. The molecule has 0 bridgehead atoms. The number of amides is 2. The molecule has 0 fully saturated rings. The average molecular weight is 279 g/mol. The number of rotatable bonds is 8. The summed E-state index contributed by atoms with van der Waals surface area (Å²) < 4.78 is 0. The van der Waals surface area contributed by atoms with E-state index in [1.54, 1.807) is 6.20 Å². The number of carboxylic acid groups (broad SMARTS) is 1. The molecule has 0 aliphatic rings. The maximum Gasteiger partial charge on any atom is 0.315 e. The molecule has 0 aliphatic heterocycles. The molecule has 0 aromatic carbocycles. The number of nitrogens with one attached hydrogen (secondary N) is 2. The van der Waals surface area contributed by atoms with E-state index < -0.39 is 5.97 Å². The van der Waals surface area contributed by atoms with E-state index in [0.717, 1.165) is 18.5 Å². The lowest BCUT2D eigenvalue weighted by Gasteiger charge is -2.14. The number of aliphatic carboxylic acids is 1. The zero-order valence-corrected chi connectivity index (χ0v) is 11.6. The lowest BCUT2D eigenvalue weighted by Crippen LogP contribution is -2.37. The number of hydrogen-bond acceptors (Lipinski definition) is 3. The lowest BCUT2D eigenvalue weighted by atomic mass is 10.2. The minimum absolute atomic E-state index is 0.150. The van der Waals surface area contributed by atoms with Gasteiger partial charge in [-0.15, -0.1) is 0 Å². The quantitative estimate of drug-likeness (QED) is 0.635. The normalized spacial score (nSPS) is 11.7. The molecule has 1 atom stereocenters. The highest BCUT2D eigenvalue weighted by molar-refractivity contribution is 5.74. The van der Waals surface area contributed by atoms with Gasteiger partial charge < -0.3 is 15.7 Å². The third-order valence-corrected chi connectivity index (χ3v) is 2.83. The number of unbranched alkanes of at least 4 members (excludes halogenated alkanes) is 2. The first-order chi connectivity index (χ1) is 9.59. The second-order valence-corrected chi connectivity index (χ2v) is 4.58. The van der Waals surface area contributed by atoms with Gasteiger partial charge in [0.2, 0.25) is 0 Å². The molecule has 1 aromatic rings. The van der Waals surface area contributed by atoms with Crippen molar-refractivity contribution in [3.05, 3.63) is 30.1 Å². The zero-order chi connectivity index (χ0) is 14.8. The van der Waals surface area contributed by atoms with Crippen molar-refractivity contribution in [1.82, 2.24) is 15.6 Å². The molecular weight excluding hydrogens is 258 g/mol. The maximum atomic E-state index is 11.6. The Bertz CT molecular complexity index is 423. The molecule has 2 amide bonds. The van der Waals surface area contributed by atoms with Gasteiger partial charge in [-0.3, -0.25) is 9.78 Å². The Morgan fingerprint density at radius 2 is 2.10 bits per heavy atom. The summed E-state index contributed by atoms with van der Waals surface area (Å²) in [7, 11) is 0. The predicted octanol–water partition coefficient (Wildman–Crippen LogP) is 2.09. The van der Waals surface area contributed by atoms with E-state index >= 15 is 0 Å². The molecule has 6 nitrogen and oxygen atoms in total. The summed E-state index contributed by atoms with van der Waals surface area (Å²) in [5.41, 5.74) is 0.809. The second kappa shape index (κ2) is 8.90. The van der Waals surface area contributed by atoms with Gasteiger partial charge in [0.05, 0.1) is 11.7 Å². The van der Waals surface area contributed by atoms with Gasteiger partial charge in [0.15, 0.2) is 0 Å². The van der Waals surface area contributed by atoms with E-state index in [-0.39, 0.29) is 18.5 Å². The average Bonchev–Trinajstić information content (AvgIpc) is 2.43. The number of aromatic nitrogens is 1. The molecule has 1 rings (SSSR count). The van der Waals surface area contributed by atoms with Crippen LogP contribution in [0.2, 0.25) is 0 Å². The molecule has 0 spiro atoms. The van der Waals surface area contributed by atoms with E-state index in [0.29, 0.717) is 13.0 Å². The van der Waals surface area contributed by atoms with Crippen molar-refractivity contribution in [2.75, 3.05) is 6.54 Å². The van der Waals surface area contributed by atoms with Gasteiger partial charge in [0, 0.05) is 19.2 Å². The highest BCUT2D eigenvalue weighted by Crippen LogP contribution is 2.07. The van der Waals surface area contributed by atoms with Gasteiger partial charge >= 0.3 is 12.0 Å². The maximum absolute atomic E-state index is 11.6. The van der Waals surface area contributed by atoms with Crippen molar-refractivity contribution in [3.63, 3.8) is 0 Å². The van der Waals surface area contributed by atoms with Crippen molar-refractivity contribution in [3.8, 4) is 0 Å². The van der Waals surface area contributed by atoms with Gasteiger partial charge in [-0.25, -0.2) is 4.79 Å². The second-order valence-electron chi connectivity index (χ2n) is 4.58. The van der Waals surface area contributed by atoms with Crippen LogP contribution < -0.4 is 10.6 Å². The fourth-order valence-electron chi connectivity index (χ4n) is 1.73. The molecule has 0 saturated carbocycles. The Kier molecular flexibility index (Phi) is 7.10. The van der Waals surface area contributed by atoms with E-state index in [2.05, 4.69) is 15.6 Å². The summed E-state index contributed by atoms with van der Waals surface area (Å²) in [5, 5.41) is 14.0. The Morgan fingerprint density at radius 1 is 1.30 bits per heavy atom. The number of hydrogen-bond donors (Lipinski definition) is 3. The van der Waals surface area contributed by atoms with Crippen LogP contribution in [0.15, 0.2) is 24.4 Å².